The number of para-hydroxylation sites is 2. The molecule has 0 bridgehead atoms. The fourth-order valence-corrected chi connectivity index (χ4v) is 6.99. The van der Waals surface area contributed by atoms with E-state index in [2.05, 4.69) is 78.9 Å². The van der Waals surface area contributed by atoms with Crippen molar-refractivity contribution >= 4 is 42.9 Å². The Labute approximate surface area is 274 Å². The van der Waals surface area contributed by atoms with Crippen molar-refractivity contribution in [2.24, 2.45) is 0 Å². The number of hydrogen-bond donors (Lipinski definition) is 0. The van der Waals surface area contributed by atoms with Gasteiger partial charge in [0.05, 0.1) is 15.7 Å². The van der Waals surface area contributed by atoms with E-state index < -0.39 is 0 Å². The van der Waals surface area contributed by atoms with Crippen LogP contribution in [-0.4, -0.2) is 29.9 Å². The van der Waals surface area contributed by atoms with Crippen molar-refractivity contribution in [1.29, 1.82) is 0 Å². The highest BCUT2D eigenvalue weighted by molar-refractivity contribution is 7.25. The maximum Gasteiger partial charge on any atom is 0.164 e. The summed E-state index contributed by atoms with van der Waals surface area (Å²) in [4.78, 5) is 30.4. The Morgan fingerprint density at radius 3 is 1.64 bits per heavy atom. The predicted molar refractivity (Wildman–Crippen MR) is 191 cm³/mol. The van der Waals surface area contributed by atoms with E-state index in [4.69, 9.17) is 29.9 Å². The van der Waals surface area contributed by atoms with Crippen LogP contribution in [0.1, 0.15) is 0 Å². The molecule has 7 heteroatoms. The Hall–Kier alpha value is -6.18. The van der Waals surface area contributed by atoms with Gasteiger partial charge in [-0.05, 0) is 41.0 Å². The van der Waals surface area contributed by atoms with E-state index in [0.717, 1.165) is 65.0 Å². The molecule has 0 radical (unpaired) electrons. The Balaban J connectivity index is 1.16. The van der Waals surface area contributed by atoms with E-state index >= 15 is 0 Å². The molecule has 9 aromatic rings. The van der Waals surface area contributed by atoms with Crippen LogP contribution in [0.2, 0.25) is 0 Å². The minimum absolute atomic E-state index is 0.610. The molecule has 220 valence electrons. The molecule has 9 rings (SSSR count). The molecule has 0 aliphatic heterocycles. The van der Waals surface area contributed by atoms with Gasteiger partial charge in [-0.3, -0.25) is 4.98 Å². The first-order valence-electron chi connectivity index (χ1n) is 15.3. The lowest BCUT2D eigenvalue weighted by Crippen LogP contribution is -2.00. The van der Waals surface area contributed by atoms with Crippen molar-refractivity contribution in [2.45, 2.75) is 0 Å². The molecule has 6 nitrogen and oxygen atoms in total. The number of pyridine rings is 1. The summed E-state index contributed by atoms with van der Waals surface area (Å²) in [5.41, 5.74) is 10.6. The molecule has 0 fully saturated rings. The first-order chi connectivity index (χ1) is 23.3. The zero-order chi connectivity index (χ0) is 31.2. The van der Waals surface area contributed by atoms with E-state index in [-0.39, 0.29) is 0 Å². The van der Waals surface area contributed by atoms with E-state index in [1.807, 2.05) is 66.9 Å². The van der Waals surface area contributed by atoms with Gasteiger partial charge in [0.15, 0.2) is 17.5 Å². The molecule has 0 saturated carbocycles. The molecule has 0 amide bonds. The molecular weight excluding hydrogens is 597 g/mol. The normalized spacial score (nSPS) is 11.4. The highest BCUT2D eigenvalue weighted by Gasteiger charge is 2.17. The Kier molecular flexibility index (Phi) is 6.54. The maximum atomic E-state index is 5.01. The molecule has 0 N–H and O–H groups in total. The molecule has 0 saturated heterocycles. The van der Waals surface area contributed by atoms with Crippen LogP contribution < -0.4 is 0 Å². The van der Waals surface area contributed by atoms with Gasteiger partial charge in [0.1, 0.15) is 15.9 Å². The summed E-state index contributed by atoms with van der Waals surface area (Å²) in [5, 5.41) is 0. The monoisotopic (exact) mass is 620 g/mol. The maximum absolute atomic E-state index is 5.01. The van der Waals surface area contributed by atoms with E-state index in [9.17, 15) is 0 Å². The fraction of sp³-hybridized carbons (Fsp3) is 0. The minimum atomic E-state index is 0.610. The van der Waals surface area contributed by atoms with E-state index in [0.29, 0.717) is 17.5 Å². The van der Waals surface area contributed by atoms with E-state index in [1.54, 1.807) is 11.3 Å². The first-order valence-corrected chi connectivity index (χ1v) is 16.1. The summed E-state index contributed by atoms with van der Waals surface area (Å²) in [7, 11) is 0. The number of thiophene rings is 1. The summed E-state index contributed by atoms with van der Waals surface area (Å²) in [6.07, 6.45) is 1.85. The predicted octanol–water partition coefficient (Wildman–Crippen LogP) is 9.91. The van der Waals surface area contributed by atoms with Gasteiger partial charge in [-0.15, -0.1) is 11.3 Å². The molecule has 4 aromatic heterocycles. The SMILES string of the molecule is c1ccc(-c2ccc(-c3nc(-c4ccccc4)nc(-c4cccc(-c5ccnc6c5sc5nc7ccccc7nc56)c4)n3)cc2)cc1. The second-order valence-electron chi connectivity index (χ2n) is 11.2. The third-order valence-corrected chi connectivity index (χ3v) is 9.31. The Bertz CT molecular complexity index is 2560. The van der Waals surface area contributed by atoms with Crippen LogP contribution in [0.5, 0.6) is 0 Å². The van der Waals surface area contributed by atoms with Crippen LogP contribution in [0, 0.1) is 0 Å². The second-order valence-corrected chi connectivity index (χ2v) is 12.2. The molecule has 0 spiro atoms. The fourth-order valence-electron chi connectivity index (χ4n) is 5.87. The number of fused-ring (bicyclic) bond motifs is 4. The molecule has 0 aliphatic carbocycles. The van der Waals surface area contributed by atoms with Crippen molar-refractivity contribution in [1.82, 2.24) is 29.9 Å². The van der Waals surface area contributed by atoms with Gasteiger partial charge < -0.3 is 0 Å². The zero-order valence-electron chi connectivity index (χ0n) is 24.9. The molecule has 5 aromatic carbocycles. The summed E-state index contributed by atoms with van der Waals surface area (Å²) >= 11 is 1.62. The van der Waals surface area contributed by atoms with Gasteiger partial charge in [-0.2, -0.15) is 0 Å². The topological polar surface area (TPSA) is 77.3 Å². The average molecular weight is 621 g/mol. The third kappa shape index (κ3) is 4.99. The molecular formula is C40H24N6S. The summed E-state index contributed by atoms with van der Waals surface area (Å²) in [6.45, 7) is 0. The average Bonchev–Trinajstić information content (AvgIpc) is 3.52. The van der Waals surface area contributed by atoms with Gasteiger partial charge in [-0.1, -0.05) is 115 Å². The third-order valence-electron chi connectivity index (χ3n) is 8.22. The molecule has 47 heavy (non-hydrogen) atoms. The van der Waals surface area contributed by atoms with Crippen molar-refractivity contribution in [2.75, 3.05) is 0 Å². The Morgan fingerprint density at radius 1 is 0.383 bits per heavy atom. The number of hydrogen-bond acceptors (Lipinski definition) is 7. The Morgan fingerprint density at radius 2 is 0.915 bits per heavy atom. The zero-order valence-corrected chi connectivity index (χ0v) is 25.8. The lowest BCUT2D eigenvalue weighted by molar-refractivity contribution is 1.07. The highest BCUT2D eigenvalue weighted by Crippen LogP contribution is 2.39. The number of nitrogens with zero attached hydrogens (tertiary/aromatic N) is 6. The quantitative estimate of drug-likeness (QED) is 0.191. The van der Waals surface area contributed by atoms with Gasteiger partial charge in [0.25, 0.3) is 0 Å². The van der Waals surface area contributed by atoms with Crippen LogP contribution in [0.3, 0.4) is 0 Å². The molecule has 0 atom stereocenters. The largest absolute Gasteiger partial charge is 0.253 e. The highest BCUT2D eigenvalue weighted by atomic mass is 32.1. The first kappa shape index (κ1) is 27.2. The molecule has 0 unspecified atom stereocenters. The van der Waals surface area contributed by atoms with Crippen LogP contribution in [0.15, 0.2) is 146 Å². The van der Waals surface area contributed by atoms with Crippen molar-refractivity contribution in [3.63, 3.8) is 0 Å². The summed E-state index contributed by atoms with van der Waals surface area (Å²) < 4.78 is 1.05. The number of benzene rings is 5. The van der Waals surface area contributed by atoms with Crippen LogP contribution >= 0.6 is 11.3 Å². The smallest absolute Gasteiger partial charge is 0.164 e. The van der Waals surface area contributed by atoms with Gasteiger partial charge in [0.2, 0.25) is 0 Å². The summed E-state index contributed by atoms with van der Waals surface area (Å²) in [5.74, 6) is 1.86. The van der Waals surface area contributed by atoms with Crippen molar-refractivity contribution in [3.05, 3.63) is 146 Å². The summed E-state index contributed by atoms with van der Waals surface area (Å²) in [6, 6.07) is 47.1. The number of rotatable bonds is 5. The van der Waals surface area contributed by atoms with Gasteiger partial charge >= 0.3 is 0 Å². The van der Waals surface area contributed by atoms with Crippen molar-refractivity contribution in [3.8, 4) is 56.4 Å². The van der Waals surface area contributed by atoms with E-state index in [1.165, 1.54) is 5.56 Å². The molecule has 4 heterocycles. The van der Waals surface area contributed by atoms with Crippen LogP contribution in [0.4, 0.5) is 0 Å². The minimum Gasteiger partial charge on any atom is -0.253 e. The van der Waals surface area contributed by atoms with Gasteiger partial charge in [-0.25, -0.2) is 24.9 Å². The lowest BCUT2D eigenvalue weighted by atomic mass is 10.0. The van der Waals surface area contributed by atoms with Crippen molar-refractivity contribution < 1.29 is 0 Å². The molecule has 0 aliphatic rings. The lowest BCUT2D eigenvalue weighted by Gasteiger charge is -2.10. The van der Waals surface area contributed by atoms with Crippen LogP contribution in [-0.2, 0) is 0 Å². The standard InChI is InChI=1S/C40H24N6S/c1-3-10-25(11-4-1)26-18-20-28(21-19-26)38-44-37(27-12-5-2-6-13-27)45-39(46-38)30-15-9-14-29(24-30)31-22-23-41-34-35-40(47-36(31)34)43-33-17-8-7-16-32(33)42-35/h1-24H. The van der Waals surface area contributed by atoms with Crippen LogP contribution in [0.25, 0.3) is 88.0 Å². The number of aromatic nitrogens is 6. The second kappa shape index (κ2) is 11.3. The van der Waals surface area contributed by atoms with Gasteiger partial charge in [0, 0.05) is 28.5 Å².